The van der Waals surface area contributed by atoms with Gasteiger partial charge in [-0.15, -0.1) is 0 Å². The molecule has 1 aromatic heterocycles. The summed E-state index contributed by atoms with van der Waals surface area (Å²) in [5.41, 5.74) is 23.4. The van der Waals surface area contributed by atoms with Crippen LogP contribution in [-0.2, 0) is 30.4 Å². The Labute approximate surface area is 236 Å². The average molecular weight is 572 g/mol. The fraction of sp³-hybridized carbons (Fsp3) is 0.462. The highest BCUT2D eigenvalue weighted by molar-refractivity contribution is 5.96. The number of aromatic nitrogens is 1. The maximum absolute atomic E-state index is 13.5. The predicted molar refractivity (Wildman–Crippen MR) is 150 cm³/mol. The SMILES string of the molecule is NC(=O)CC(NC(=O)C(Cc1c[nH]c2ccccc12)NC(=O)C1CCCN1C(=O)C(N)CCCN=C(N)N)C(=O)O. The summed E-state index contributed by atoms with van der Waals surface area (Å²) in [5, 5.41) is 15.3. The summed E-state index contributed by atoms with van der Waals surface area (Å²) >= 11 is 0. The maximum Gasteiger partial charge on any atom is 0.326 e. The number of aromatic amines is 1. The molecule has 12 N–H and O–H groups in total. The van der Waals surface area contributed by atoms with Gasteiger partial charge in [-0.1, -0.05) is 18.2 Å². The molecular weight excluding hydrogens is 534 g/mol. The number of para-hydroxylation sites is 1. The summed E-state index contributed by atoms with van der Waals surface area (Å²) in [7, 11) is 0. The van der Waals surface area contributed by atoms with Crippen molar-refractivity contribution in [3.63, 3.8) is 0 Å². The van der Waals surface area contributed by atoms with Gasteiger partial charge in [-0.25, -0.2) is 4.79 Å². The van der Waals surface area contributed by atoms with E-state index in [0.29, 0.717) is 44.3 Å². The first kappa shape index (κ1) is 30.9. The van der Waals surface area contributed by atoms with Crippen molar-refractivity contribution in [3.8, 4) is 0 Å². The van der Waals surface area contributed by atoms with E-state index in [0.717, 1.165) is 10.9 Å². The third-order valence-corrected chi connectivity index (χ3v) is 6.88. The lowest BCUT2D eigenvalue weighted by Gasteiger charge is -2.28. The van der Waals surface area contributed by atoms with Crippen molar-refractivity contribution in [2.75, 3.05) is 13.1 Å². The summed E-state index contributed by atoms with van der Waals surface area (Å²) in [6.07, 6.45) is 2.78. The smallest absolute Gasteiger partial charge is 0.326 e. The number of aliphatic carboxylic acids is 1. The highest BCUT2D eigenvalue weighted by Crippen LogP contribution is 2.22. The number of carbonyl (C=O) groups is 5. The number of H-pyrrole nitrogens is 1. The number of carboxylic acids is 1. The highest BCUT2D eigenvalue weighted by atomic mass is 16.4. The van der Waals surface area contributed by atoms with E-state index in [4.69, 9.17) is 22.9 Å². The molecule has 15 heteroatoms. The number of amides is 4. The molecule has 222 valence electrons. The van der Waals surface area contributed by atoms with Crippen LogP contribution in [0.4, 0.5) is 0 Å². The van der Waals surface area contributed by atoms with Crippen LogP contribution in [0.5, 0.6) is 0 Å². The molecule has 4 unspecified atom stereocenters. The predicted octanol–water partition coefficient (Wildman–Crippen LogP) is -1.99. The monoisotopic (exact) mass is 571 g/mol. The lowest BCUT2D eigenvalue weighted by atomic mass is 10.0. The van der Waals surface area contributed by atoms with Crippen LogP contribution in [0.1, 0.15) is 37.7 Å². The molecule has 2 heterocycles. The van der Waals surface area contributed by atoms with E-state index >= 15 is 0 Å². The molecule has 1 aliphatic rings. The van der Waals surface area contributed by atoms with Gasteiger partial charge in [-0.2, -0.15) is 0 Å². The van der Waals surface area contributed by atoms with Crippen LogP contribution in [0.2, 0.25) is 0 Å². The minimum absolute atomic E-state index is 0.00939. The van der Waals surface area contributed by atoms with Crippen molar-refractivity contribution in [3.05, 3.63) is 36.0 Å². The van der Waals surface area contributed by atoms with Crippen LogP contribution in [-0.4, -0.2) is 87.8 Å². The Hall–Kier alpha value is -4.66. The summed E-state index contributed by atoms with van der Waals surface area (Å²) in [4.78, 5) is 71.2. The molecule has 2 aromatic rings. The van der Waals surface area contributed by atoms with Crippen molar-refractivity contribution >= 4 is 46.5 Å². The number of nitrogens with zero attached hydrogens (tertiary/aromatic N) is 2. The second-order valence-corrected chi connectivity index (χ2v) is 9.94. The van der Waals surface area contributed by atoms with E-state index in [1.807, 2.05) is 24.3 Å². The van der Waals surface area contributed by atoms with E-state index in [9.17, 15) is 29.1 Å². The topological polar surface area (TPSA) is 265 Å². The third-order valence-electron chi connectivity index (χ3n) is 6.88. The number of carboxylic acid groups (broad SMARTS) is 1. The van der Waals surface area contributed by atoms with E-state index in [1.54, 1.807) is 6.20 Å². The van der Waals surface area contributed by atoms with Crippen LogP contribution in [0.25, 0.3) is 10.9 Å². The number of likely N-dealkylation sites (tertiary alicyclic amines) is 1. The van der Waals surface area contributed by atoms with Crippen LogP contribution in [0.15, 0.2) is 35.5 Å². The molecule has 4 atom stereocenters. The van der Waals surface area contributed by atoms with Crippen molar-refractivity contribution in [1.29, 1.82) is 0 Å². The molecule has 1 saturated heterocycles. The van der Waals surface area contributed by atoms with Gasteiger partial charge in [0, 0.05) is 36.6 Å². The van der Waals surface area contributed by atoms with Gasteiger partial charge in [-0.05, 0) is 37.3 Å². The van der Waals surface area contributed by atoms with Gasteiger partial charge >= 0.3 is 5.97 Å². The summed E-state index contributed by atoms with van der Waals surface area (Å²) < 4.78 is 0. The number of primary amides is 1. The molecule has 15 nitrogen and oxygen atoms in total. The van der Waals surface area contributed by atoms with Crippen molar-refractivity contribution < 1.29 is 29.1 Å². The van der Waals surface area contributed by atoms with Crippen molar-refractivity contribution in [2.45, 2.75) is 62.7 Å². The Bertz CT molecular complexity index is 1310. The molecule has 1 aromatic carbocycles. The maximum atomic E-state index is 13.5. The van der Waals surface area contributed by atoms with Gasteiger partial charge in [0.05, 0.1) is 12.5 Å². The van der Waals surface area contributed by atoms with Crippen molar-refractivity contribution in [2.24, 2.45) is 27.9 Å². The third kappa shape index (κ3) is 8.41. The normalized spacial score (nSPS) is 16.9. The molecular formula is C26H37N9O6. The number of aliphatic imine (C=N–C) groups is 1. The number of rotatable bonds is 14. The van der Waals surface area contributed by atoms with Crippen LogP contribution in [0, 0.1) is 0 Å². The number of benzene rings is 1. The minimum Gasteiger partial charge on any atom is -0.480 e. The van der Waals surface area contributed by atoms with Gasteiger partial charge in [0.25, 0.3) is 0 Å². The largest absolute Gasteiger partial charge is 0.480 e. The Morgan fingerprint density at radius 1 is 1.10 bits per heavy atom. The zero-order valence-corrected chi connectivity index (χ0v) is 22.5. The first-order valence-corrected chi connectivity index (χ1v) is 13.3. The van der Waals surface area contributed by atoms with E-state index < -0.39 is 60.2 Å². The zero-order chi connectivity index (χ0) is 30.1. The van der Waals surface area contributed by atoms with Crippen LogP contribution >= 0.6 is 0 Å². The second kappa shape index (κ2) is 14.1. The van der Waals surface area contributed by atoms with Gasteiger partial charge in [0.15, 0.2) is 5.96 Å². The highest BCUT2D eigenvalue weighted by Gasteiger charge is 2.38. The molecule has 1 aliphatic heterocycles. The molecule has 0 saturated carbocycles. The molecule has 0 spiro atoms. The second-order valence-electron chi connectivity index (χ2n) is 9.94. The zero-order valence-electron chi connectivity index (χ0n) is 22.5. The minimum atomic E-state index is -1.58. The quantitative estimate of drug-likeness (QED) is 0.0707. The van der Waals surface area contributed by atoms with Crippen LogP contribution in [0.3, 0.4) is 0 Å². The van der Waals surface area contributed by atoms with Gasteiger partial charge < -0.3 is 48.6 Å². The number of carbonyl (C=O) groups excluding carboxylic acids is 4. The number of guanidine groups is 1. The summed E-state index contributed by atoms with van der Waals surface area (Å²) in [6.45, 7) is 0.627. The van der Waals surface area contributed by atoms with E-state index in [-0.39, 0.29) is 12.4 Å². The fourth-order valence-corrected chi connectivity index (χ4v) is 4.83. The lowest BCUT2D eigenvalue weighted by molar-refractivity contribution is -0.144. The standard InChI is InChI=1S/C26H37N9O6/c27-16(6-3-9-31-26(29)30)24(39)35-10-4-8-20(35)23(38)33-18(22(37)34-19(25(40)41)12-21(28)36)11-14-13-32-17-7-2-1-5-15(14)17/h1-2,5,7,13,16,18-20,32H,3-4,6,8-12,27H2,(H2,28,36)(H,33,38)(H,34,37)(H,40,41)(H4,29,30,31). The number of fused-ring (bicyclic) bond motifs is 1. The van der Waals surface area contributed by atoms with Gasteiger partial charge in [0.1, 0.15) is 18.1 Å². The molecule has 0 aliphatic carbocycles. The molecule has 0 radical (unpaired) electrons. The molecule has 4 amide bonds. The van der Waals surface area contributed by atoms with E-state index in [2.05, 4.69) is 20.6 Å². The van der Waals surface area contributed by atoms with Crippen molar-refractivity contribution in [1.82, 2.24) is 20.5 Å². The first-order chi connectivity index (χ1) is 19.5. The Kier molecular flexibility index (Phi) is 10.6. The Morgan fingerprint density at radius 3 is 2.51 bits per heavy atom. The van der Waals surface area contributed by atoms with E-state index in [1.165, 1.54) is 4.90 Å². The molecule has 1 fully saturated rings. The molecule has 0 bridgehead atoms. The van der Waals surface area contributed by atoms with Crippen LogP contribution < -0.4 is 33.6 Å². The first-order valence-electron chi connectivity index (χ1n) is 13.3. The van der Waals surface area contributed by atoms with Gasteiger partial charge in [0.2, 0.25) is 23.6 Å². The Balaban J connectivity index is 1.77. The number of hydrogen-bond acceptors (Lipinski definition) is 7. The summed E-state index contributed by atoms with van der Waals surface area (Å²) in [6, 6.07) is 2.82. The Morgan fingerprint density at radius 2 is 1.83 bits per heavy atom. The number of nitrogens with two attached hydrogens (primary N) is 4. The van der Waals surface area contributed by atoms with Gasteiger partial charge in [-0.3, -0.25) is 24.2 Å². The molecule has 41 heavy (non-hydrogen) atoms. The lowest BCUT2D eigenvalue weighted by Crippen LogP contribution is -2.57. The average Bonchev–Trinajstić information content (AvgIpc) is 3.57. The fourth-order valence-electron chi connectivity index (χ4n) is 4.83. The number of hydrogen-bond donors (Lipinski definition) is 8. The summed E-state index contributed by atoms with van der Waals surface area (Å²) in [5.74, 6) is -4.22. The number of nitrogens with one attached hydrogen (secondary N) is 3. The molecule has 3 rings (SSSR count).